The largest absolute Gasteiger partial charge is 0.494 e. The highest BCUT2D eigenvalue weighted by atomic mass is 19.2. The predicted octanol–water partition coefficient (Wildman–Crippen LogP) is 6.28. The van der Waals surface area contributed by atoms with E-state index in [0.29, 0.717) is 13.0 Å². The summed E-state index contributed by atoms with van der Waals surface area (Å²) in [5.41, 5.74) is 1.86. The molecule has 0 aliphatic carbocycles. The summed E-state index contributed by atoms with van der Waals surface area (Å²) in [5.74, 6) is 5.41. The van der Waals surface area contributed by atoms with Crippen molar-refractivity contribution in [1.29, 1.82) is 0 Å². The lowest BCUT2D eigenvalue weighted by atomic mass is 10.1. The van der Waals surface area contributed by atoms with Gasteiger partial charge in [0.05, 0.1) is 6.61 Å². The van der Waals surface area contributed by atoms with Crippen molar-refractivity contribution in [3.63, 3.8) is 0 Å². The van der Waals surface area contributed by atoms with Gasteiger partial charge in [-0.05, 0) is 49.7 Å². The molecular formula is C22H22F2O. The minimum atomic E-state index is -0.778. The summed E-state index contributed by atoms with van der Waals surface area (Å²) in [6.07, 6.45) is 1.62. The van der Waals surface area contributed by atoms with Gasteiger partial charge in [-0.1, -0.05) is 37.3 Å². The molecule has 0 aliphatic rings. The molecule has 0 saturated heterocycles. The summed E-state index contributed by atoms with van der Waals surface area (Å²) in [5, 5.41) is 0. The van der Waals surface area contributed by atoms with Crippen molar-refractivity contribution in [3.05, 3.63) is 71.0 Å². The quantitative estimate of drug-likeness (QED) is 0.562. The van der Waals surface area contributed by atoms with Crippen molar-refractivity contribution in [2.24, 2.45) is 0 Å². The molecule has 0 fully saturated rings. The molecule has 2 aromatic carbocycles. The predicted molar refractivity (Wildman–Crippen MR) is 98.7 cm³/mol. The van der Waals surface area contributed by atoms with Crippen LogP contribution in [-0.2, 0) is 0 Å². The second-order valence-corrected chi connectivity index (χ2v) is 5.61. The first kappa shape index (κ1) is 18.7. The van der Waals surface area contributed by atoms with E-state index >= 15 is 0 Å². The standard InChI is InChI=1S/C22H22F2O/c1-3-5-6-21(23)22(24)19-13-9-17(10-14-19)7-8-18-11-15-20(16-12-18)25-4-2/h9-16H,3-6H2,1-2H3/b22-21+. The van der Waals surface area contributed by atoms with E-state index in [2.05, 4.69) is 11.8 Å². The SMILES string of the molecule is CCCC/C(F)=C(\F)c1ccc(C#Cc2ccc(OCC)cc2)cc1. The van der Waals surface area contributed by atoms with E-state index in [1.54, 1.807) is 24.3 Å². The van der Waals surface area contributed by atoms with Crippen LogP contribution in [0.3, 0.4) is 0 Å². The maximum absolute atomic E-state index is 14.0. The van der Waals surface area contributed by atoms with Crippen LogP contribution in [0.5, 0.6) is 5.75 Å². The van der Waals surface area contributed by atoms with Crippen LogP contribution in [0, 0.1) is 11.8 Å². The Labute approximate surface area is 148 Å². The van der Waals surface area contributed by atoms with Crippen LogP contribution in [0.1, 0.15) is 49.8 Å². The van der Waals surface area contributed by atoms with Gasteiger partial charge in [0, 0.05) is 23.1 Å². The second-order valence-electron chi connectivity index (χ2n) is 5.61. The molecule has 0 spiro atoms. The van der Waals surface area contributed by atoms with Crippen LogP contribution in [0.25, 0.3) is 5.83 Å². The maximum atomic E-state index is 14.0. The molecule has 3 heteroatoms. The maximum Gasteiger partial charge on any atom is 0.161 e. The summed E-state index contributed by atoms with van der Waals surface area (Å²) in [6, 6.07) is 14.0. The zero-order valence-electron chi connectivity index (χ0n) is 14.6. The third kappa shape index (κ3) is 5.76. The topological polar surface area (TPSA) is 9.23 Å². The molecule has 0 unspecified atom stereocenters. The summed E-state index contributed by atoms with van der Waals surface area (Å²) in [4.78, 5) is 0. The molecule has 0 aliphatic heterocycles. The van der Waals surface area contributed by atoms with Crippen molar-refractivity contribution >= 4 is 5.83 Å². The van der Waals surface area contributed by atoms with Crippen LogP contribution < -0.4 is 4.74 Å². The number of benzene rings is 2. The fraction of sp³-hybridized carbons (Fsp3) is 0.273. The molecule has 0 heterocycles. The van der Waals surface area contributed by atoms with Crippen molar-refractivity contribution < 1.29 is 13.5 Å². The normalized spacial score (nSPS) is 11.4. The lowest BCUT2D eigenvalue weighted by Gasteiger charge is -2.02. The van der Waals surface area contributed by atoms with Gasteiger partial charge >= 0.3 is 0 Å². The van der Waals surface area contributed by atoms with E-state index in [9.17, 15) is 8.78 Å². The Bertz CT molecular complexity index is 762. The van der Waals surface area contributed by atoms with Gasteiger partial charge in [-0.15, -0.1) is 0 Å². The molecule has 0 radical (unpaired) electrons. The Hall–Kier alpha value is -2.60. The minimum absolute atomic E-state index is 0.141. The fourth-order valence-corrected chi connectivity index (χ4v) is 2.24. The number of hydrogen-bond acceptors (Lipinski definition) is 1. The fourth-order valence-electron chi connectivity index (χ4n) is 2.24. The molecule has 130 valence electrons. The number of hydrogen-bond donors (Lipinski definition) is 0. The molecule has 0 atom stereocenters. The van der Waals surface area contributed by atoms with E-state index in [0.717, 1.165) is 23.3 Å². The summed E-state index contributed by atoms with van der Waals surface area (Å²) >= 11 is 0. The van der Waals surface area contributed by atoms with Crippen LogP contribution in [0.2, 0.25) is 0 Å². The Morgan fingerprint density at radius 3 is 1.96 bits per heavy atom. The average Bonchev–Trinajstić information content (AvgIpc) is 2.65. The smallest absolute Gasteiger partial charge is 0.161 e. The Morgan fingerprint density at radius 2 is 1.44 bits per heavy atom. The highest BCUT2D eigenvalue weighted by molar-refractivity contribution is 5.62. The molecule has 2 rings (SSSR count). The van der Waals surface area contributed by atoms with E-state index in [-0.39, 0.29) is 12.0 Å². The van der Waals surface area contributed by atoms with Crippen LogP contribution in [-0.4, -0.2) is 6.61 Å². The summed E-state index contributed by atoms with van der Waals surface area (Å²) in [6.45, 7) is 4.51. The lowest BCUT2D eigenvalue weighted by molar-refractivity contribution is 0.340. The molecule has 1 nitrogen and oxygen atoms in total. The molecule has 2 aromatic rings. The Morgan fingerprint density at radius 1 is 0.880 bits per heavy atom. The van der Waals surface area contributed by atoms with Crippen molar-refractivity contribution in [2.45, 2.75) is 33.1 Å². The first-order valence-electron chi connectivity index (χ1n) is 8.53. The minimum Gasteiger partial charge on any atom is -0.494 e. The average molecular weight is 340 g/mol. The lowest BCUT2D eigenvalue weighted by Crippen LogP contribution is -1.90. The molecule has 0 saturated carbocycles. The number of halogens is 2. The van der Waals surface area contributed by atoms with Crippen molar-refractivity contribution in [1.82, 2.24) is 0 Å². The second kappa shape index (κ2) is 9.64. The summed E-state index contributed by atoms with van der Waals surface area (Å²) < 4.78 is 33.1. The number of unbranched alkanes of at least 4 members (excludes halogenated alkanes) is 1. The molecule has 0 amide bonds. The van der Waals surface area contributed by atoms with Crippen molar-refractivity contribution in [3.8, 4) is 17.6 Å². The zero-order valence-corrected chi connectivity index (χ0v) is 14.6. The zero-order chi connectivity index (χ0) is 18.1. The van der Waals surface area contributed by atoms with Gasteiger partial charge < -0.3 is 4.74 Å². The van der Waals surface area contributed by atoms with Gasteiger partial charge in [0.15, 0.2) is 5.83 Å². The highest BCUT2D eigenvalue weighted by Gasteiger charge is 2.08. The van der Waals surface area contributed by atoms with Gasteiger partial charge in [-0.2, -0.15) is 0 Å². The van der Waals surface area contributed by atoms with Gasteiger partial charge in [0.2, 0.25) is 0 Å². The monoisotopic (exact) mass is 340 g/mol. The van der Waals surface area contributed by atoms with Gasteiger partial charge in [-0.25, -0.2) is 8.78 Å². The Kier molecular flexibility index (Phi) is 7.22. The third-order valence-electron chi connectivity index (χ3n) is 3.64. The molecule has 0 aromatic heterocycles. The van der Waals surface area contributed by atoms with Crippen LogP contribution in [0.15, 0.2) is 54.4 Å². The first-order valence-corrected chi connectivity index (χ1v) is 8.53. The number of rotatable bonds is 6. The highest BCUT2D eigenvalue weighted by Crippen LogP contribution is 2.25. The Balaban J connectivity index is 2.08. The van der Waals surface area contributed by atoms with E-state index in [1.165, 1.54) is 0 Å². The van der Waals surface area contributed by atoms with E-state index in [1.807, 2.05) is 38.1 Å². The molecule has 25 heavy (non-hydrogen) atoms. The van der Waals surface area contributed by atoms with Gasteiger partial charge in [0.25, 0.3) is 0 Å². The first-order chi connectivity index (χ1) is 12.1. The van der Waals surface area contributed by atoms with E-state index in [4.69, 9.17) is 4.74 Å². The van der Waals surface area contributed by atoms with Gasteiger partial charge in [0.1, 0.15) is 11.6 Å². The molecule has 0 bridgehead atoms. The third-order valence-corrected chi connectivity index (χ3v) is 3.64. The summed E-state index contributed by atoms with van der Waals surface area (Å²) in [7, 11) is 0. The van der Waals surface area contributed by atoms with Gasteiger partial charge in [-0.3, -0.25) is 0 Å². The number of allylic oxidation sites excluding steroid dienone is 1. The number of ether oxygens (including phenoxy) is 1. The molecular weight excluding hydrogens is 318 g/mol. The van der Waals surface area contributed by atoms with E-state index < -0.39 is 11.7 Å². The van der Waals surface area contributed by atoms with Crippen molar-refractivity contribution in [2.75, 3.05) is 6.61 Å². The van der Waals surface area contributed by atoms with Crippen LogP contribution >= 0.6 is 0 Å². The van der Waals surface area contributed by atoms with Crippen LogP contribution in [0.4, 0.5) is 8.78 Å². The molecule has 0 N–H and O–H groups in total.